The molecule has 2 rings (SSSR count). The number of aryl methyl sites for hydroxylation is 1. The monoisotopic (exact) mass is 331 g/mol. The predicted octanol–water partition coefficient (Wildman–Crippen LogP) is 3.01. The van der Waals surface area contributed by atoms with Crippen molar-refractivity contribution in [1.82, 2.24) is 15.6 Å². The molecule has 2 aromatic heterocycles. The molecule has 6 heteroatoms. The molecular weight excluding hydrogens is 306 g/mol. The van der Waals surface area contributed by atoms with Crippen molar-refractivity contribution in [2.24, 2.45) is 4.99 Å². The molecule has 3 N–H and O–H groups in total. The Bertz CT molecular complexity index is 594. The third kappa shape index (κ3) is 6.28. The fraction of sp³-hybridized carbons (Fsp3) is 0.412. The zero-order valence-corrected chi connectivity index (χ0v) is 14.6. The Morgan fingerprint density at radius 2 is 2.04 bits per heavy atom. The van der Waals surface area contributed by atoms with Gasteiger partial charge in [-0.2, -0.15) is 0 Å². The summed E-state index contributed by atoms with van der Waals surface area (Å²) in [5.41, 5.74) is 1.33. The zero-order valence-electron chi connectivity index (χ0n) is 13.8. The van der Waals surface area contributed by atoms with E-state index in [4.69, 9.17) is 0 Å². The number of hydrogen-bond donors (Lipinski definition) is 3. The molecule has 5 nitrogen and oxygen atoms in total. The summed E-state index contributed by atoms with van der Waals surface area (Å²) in [6.45, 7) is 4.80. The van der Waals surface area contributed by atoms with E-state index in [9.17, 15) is 0 Å². The summed E-state index contributed by atoms with van der Waals surface area (Å²) in [5.74, 6) is 1.79. The lowest BCUT2D eigenvalue weighted by Crippen LogP contribution is -2.37. The first-order valence-electron chi connectivity index (χ1n) is 7.92. The van der Waals surface area contributed by atoms with E-state index in [1.807, 2.05) is 18.2 Å². The molecule has 0 unspecified atom stereocenters. The Morgan fingerprint density at radius 3 is 2.74 bits per heavy atom. The van der Waals surface area contributed by atoms with Crippen LogP contribution >= 0.6 is 11.3 Å². The predicted molar refractivity (Wildman–Crippen MR) is 99.2 cm³/mol. The van der Waals surface area contributed by atoms with E-state index in [1.54, 1.807) is 24.6 Å². The standard InChI is InChI=1S/C17H25N5S/c1-14-8-12-23-15(14)13-22-17(18-2)21-11-6-5-10-20-16-7-3-4-9-19-16/h3-4,7-9,12H,5-6,10-11,13H2,1-2H3,(H,19,20)(H2,18,21,22). The summed E-state index contributed by atoms with van der Waals surface area (Å²) in [6.07, 6.45) is 3.97. The molecule has 23 heavy (non-hydrogen) atoms. The van der Waals surface area contributed by atoms with Gasteiger partial charge in [-0.15, -0.1) is 11.3 Å². The van der Waals surface area contributed by atoms with Crippen LogP contribution in [0.15, 0.2) is 40.8 Å². The minimum Gasteiger partial charge on any atom is -0.370 e. The van der Waals surface area contributed by atoms with Gasteiger partial charge in [0.25, 0.3) is 0 Å². The van der Waals surface area contributed by atoms with Gasteiger partial charge < -0.3 is 16.0 Å². The van der Waals surface area contributed by atoms with Crippen LogP contribution in [-0.4, -0.2) is 31.1 Å². The number of unbranched alkanes of at least 4 members (excludes halogenated alkanes) is 1. The van der Waals surface area contributed by atoms with E-state index >= 15 is 0 Å². The molecule has 0 saturated carbocycles. The summed E-state index contributed by atoms with van der Waals surface area (Å²) in [7, 11) is 1.80. The van der Waals surface area contributed by atoms with Gasteiger partial charge >= 0.3 is 0 Å². The van der Waals surface area contributed by atoms with Crippen LogP contribution in [0.3, 0.4) is 0 Å². The first kappa shape index (κ1) is 17.3. The van der Waals surface area contributed by atoms with Crippen LogP contribution in [0.25, 0.3) is 0 Å². The van der Waals surface area contributed by atoms with Crippen molar-refractivity contribution in [3.8, 4) is 0 Å². The summed E-state index contributed by atoms with van der Waals surface area (Å²) in [4.78, 5) is 9.85. The SMILES string of the molecule is CN=C(NCCCCNc1ccccn1)NCc1sccc1C. The molecule has 0 saturated heterocycles. The lowest BCUT2D eigenvalue weighted by molar-refractivity contribution is 0.712. The highest BCUT2D eigenvalue weighted by molar-refractivity contribution is 7.10. The number of pyridine rings is 1. The van der Waals surface area contributed by atoms with E-state index < -0.39 is 0 Å². The fourth-order valence-corrected chi connectivity index (χ4v) is 2.96. The average molecular weight is 331 g/mol. The number of guanidine groups is 1. The normalized spacial score (nSPS) is 11.3. The molecule has 0 aliphatic heterocycles. The molecule has 124 valence electrons. The Morgan fingerprint density at radius 1 is 1.17 bits per heavy atom. The largest absolute Gasteiger partial charge is 0.370 e. The van der Waals surface area contributed by atoms with Crippen molar-refractivity contribution in [3.63, 3.8) is 0 Å². The van der Waals surface area contributed by atoms with Gasteiger partial charge in [0.2, 0.25) is 0 Å². The van der Waals surface area contributed by atoms with Gasteiger partial charge in [0.15, 0.2) is 5.96 Å². The van der Waals surface area contributed by atoms with Crippen LogP contribution < -0.4 is 16.0 Å². The third-order valence-electron chi connectivity index (χ3n) is 3.48. The van der Waals surface area contributed by atoms with Crippen molar-refractivity contribution < 1.29 is 0 Å². The minimum absolute atomic E-state index is 0.824. The quantitative estimate of drug-likeness (QED) is 0.395. The Balaban J connectivity index is 1.56. The van der Waals surface area contributed by atoms with Crippen LogP contribution in [0.5, 0.6) is 0 Å². The van der Waals surface area contributed by atoms with Crippen LogP contribution in [0.4, 0.5) is 5.82 Å². The molecule has 0 spiro atoms. The first-order chi connectivity index (χ1) is 11.3. The molecule has 0 amide bonds. The average Bonchev–Trinajstić information content (AvgIpc) is 2.99. The summed E-state index contributed by atoms with van der Waals surface area (Å²) in [5, 5.41) is 12.1. The van der Waals surface area contributed by atoms with Crippen molar-refractivity contribution in [2.45, 2.75) is 26.3 Å². The Labute approximate surface area is 142 Å². The molecule has 0 fully saturated rings. The maximum absolute atomic E-state index is 4.26. The van der Waals surface area contributed by atoms with Crippen molar-refractivity contribution in [2.75, 3.05) is 25.5 Å². The molecule has 0 bridgehead atoms. The van der Waals surface area contributed by atoms with E-state index in [-0.39, 0.29) is 0 Å². The summed E-state index contributed by atoms with van der Waals surface area (Å²) < 4.78 is 0. The first-order valence-corrected chi connectivity index (χ1v) is 8.80. The van der Waals surface area contributed by atoms with Gasteiger partial charge in [-0.05, 0) is 48.9 Å². The van der Waals surface area contributed by atoms with E-state index in [2.05, 4.69) is 44.3 Å². The topological polar surface area (TPSA) is 61.3 Å². The maximum atomic E-state index is 4.26. The van der Waals surface area contributed by atoms with E-state index in [0.717, 1.165) is 44.3 Å². The second-order valence-corrected chi connectivity index (χ2v) is 6.23. The molecule has 0 aromatic carbocycles. The van der Waals surface area contributed by atoms with Crippen LogP contribution in [0.1, 0.15) is 23.3 Å². The molecule has 0 aliphatic carbocycles. The number of hydrogen-bond acceptors (Lipinski definition) is 4. The van der Waals surface area contributed by atoms with Crippen LogP contribution in [0.2, 0.25) is 0 Å². The molecule has 2 heterocycles. The molecule has 0 atom stereocenters. The highest BCUT2D eigenvalue weighted by atomic mass is 32.1. The van der Waals surface area contributed by atoms with Gasteiger partial charge in [0.1, 0.15) is 5.82 Å². The molecular formula is C17H25N5S. The van der Waals surface area contributed by atoms with Gasteiger partial charge in [0, 0.05) is 31.2 Å². The van der Waals surface area contributed by atoms with Crippen LogP contribution in [0, 0.1) is 6.92 Å². The van der Waals surface area contributed by atoms with Crippen molar-refractivity contribution in [1.29, 1.82) is 0 Å². The second-order valence-electron chi connectivity index (χ2n) is 5.23. The lowest BCUT2D eigenvalue weighted by atomic mass is 10.3. The summed E-state index contributed by atoms with van der Waals surface area (Å²) in [6, 6.07) is 8.04. The second kappa shape index (κ2) is 9.84. The van der Waals surface area contributed by atoms with Gasteiger partial charge in [-0.25, -0.2) is 4.98 Å². The van der Waals surface area contributed by atoms with Crippen molar-refractivity contribution in [3.05, 3.63) is 46.3 Å². The number of nitrogens with one attached hydrogen (secondary N) is 3. The third-order valence-corrected chi connectivity index (χ3v) is 4.50. The highest BCUT2D eigenvalue weighted by Gasteiger charge is 2.01. The molecule has 0 aliphatic rings. The molecule has 0 radical (unpaired) electrons. The number of anilines is 1. The number of aliphatic imine (C=N–C) groups is 1. The van der Waals surface area contributed by atoms with Gasteiger partial charge in [-0.3, -0.25) is 4.99 Å². The van der Waals surface area contributed by atoms with E-state index in [0.29, 0.717) is 0 Å². The van der Waals surface area contributed by atoms with Gasteiger partial charge in [0.05, 0.1) is 6.54 Å². The Kier molecular flexibility index (Phi) is 7.39. The van der Waals surface area contributed by atoms with Crippen molar-refractivity contribution >= 4 is 23.1 Å². The molecule has 2 aromatic rings. The smallest absolute Gasteiger partial charge is 0.191 e. The minimum atomic E-state index is 0.824. The number of nitrogens with zero attached hydrogens (tertiary/aromatic N) is 2. The highest BCUT2D eigenvalue weighted by Crippen LogP contribution is 2.14. The number of aromatic nitrogens is 1. The summed E-state index contributed by atoms with van der Waals surface area (Å²) >= 11 is 1.78. The number of thiophene rings is 1. The maximum Gasteiger partial charge on any atom is 0.191 e. The van der Waals surface area contributed by atoms with Crippen LogP contribution in [-0.2, 0) is 6.54 Å². The van der Waals surface area contributed by atoms with Gasteiger partial charge in [-0.1, -0.05) is 6.07 Å². The lowest BCUT2D eigenvalue weighted by Gasteiger charge is -2.12. The Hall–Kier alpha value is -2.08. The zero-order chi connectivity index (χ0) is 16.3. The fourth-order valence-electron chi connectivity index (χ4n) is 2.11. The number of rotatable bonds is 8. The van der Waals surface area contributed by atoms with E-state index in [1.165, 1.54) is 10.4 Å².